The van der Waals surface area contributed by atoms with E-state index in [9.17, 15) is 20.4 Å². The van der Waals surface area contributed by atoms with Crippen LogP contribution in [0.5, 0.6) is 0 Å². The third-order valence-electron chi connectivity index (χ3n) is 6.00. The molecule has 1 fully saturated rings. The first-order valence-electron chi connectivity index (χ1n) is 11.1. The minimum atomic E-state index is -1.44. The fourth-order valence-corrected chi connectivity index (χ4v) is 4.31. The maximum atomic E-state index is 10.5. The first-order valence-corrected chi connectivity index (χ1v) is 11.5. The molecule has 8 nitrogen and oxygen atoms in total. The number of hydrogen-bond donors (Lipinski definition) is 4. The number of nitrogens with zero attached hydrogens (tertiary/aromatic N) is 2. The summed E-state index contributed by atoms with van der Waals surface area (Å²) in [5.74, 6) is 0. The van der Waals surface area contributed by atoms with Crippen LogP contribution in [0, 0.1) is 0 Å². The van der Waals surface area contributed by atoms with Crippen LogP contribution < -0.4 is 0 Å². The molecule has 1 aliphatic heterocycles. The molecule has 0 radical (unpaired) electrons. The average Bonchev–Trinajstić information content (AvgIpc) is 2.89. The van der Waals surface area contributed by atoms with Crippen LogP contribution in [-0.2, 0) is 16.0 Å². The lowest BCUT2D eigenvalue weighted by Crippen LogP contribution is -2.55. The minimum Gasteiger partial charge on any atom is -0.399 e. The van der Waals surface area contributed by atoms with Crippen molar-refractivity contribution in [3.05, 3.63) is 99.8 Å². The molecule has 0 saturated carbocycles. The zero-order chi connectivity index (χ0) is 24.9. The van der Waals surface area contributed by atoms with Crippen molar-refractivity contribution in [3.63, 3.8) is 0 Å². The zero-order valence-electron chi connectivity index (χ0n) is 19.0. The first kappa shape index (κ1) is 25.2. The Morgan fingerprint density at radius 2 is 1.80 bits per heavy atom. The van der Waals surface area contributed by atoms with E-state index in [-0.39, 0.29) is 0 Å². The summed E-state index contributed by atoms with van der Waals surface area (Å²) >= 11 is 6.46. The van der Waals surface area contributed by atoms with Gasteiger partial charge in [-0.1, -0.05) is 59.2 Å². The van der Waals surface area contributed by atoms with E-state index in [4.69, 9.17) is 21.2 Å². The molecule has 2 aromatic carbocycles. The van der Waals surface area contributed by atoms with Gasteiger partial charge >= 0.3 is 0 Å². The summed E-state index contributed by atoms with van der Waals surface area (Å²) in [6, 6.07) is 18.5. The monoisotopic (exact) mass is 498 g/mol. The largest absolute Gasteiger partial charge is 0.399 e. The van der Waals surface area contributed by atoms with E-state index < -0.39 is 37.1 Å². The molecule has 2 heterocycles. The molecule has 1 saturated heterocycles. The van der Waals surface area contributed by atoms with Gasteiger partial charge in [-0.2, -0.15) is 0 Å². The zero-order valence-corrected chi connectivity index (χ0v) is 19.8. The molecule has 3 aromatic rings. The summed E-state index contributed by atoms with van der Waals surface area (Å²) in [6.07, 6.45) is -3.91. The number of ether oxygens (including phenoxy) is 1. The summed E-state index contributed by atoms with van der Waals surface area (Å²) < 4.78 is 5.68. The number of rotatable bonds is 7. The maximum absolute atomic E-state index is 10.5. The van der Waals surface area contributed by atoms with Crippen LogP contribution in [0.3, 0.4) is 0 Å². The van der Waals surface area contributed by atoms with Crippen molar-refractivity contribution < 1.29 is 30.0 Å². The van der Waals surface area contributed by atoms with Gasteiger partial charge in [0.25, 0.3) is 0 Å². The number of benzene rings is 2. The second kappa shape index (κ2) is 11.3. The highest BCUT2D eigenvalue weighted by Crippen LogP contribution is 2.34. The van der Waals surface area contributed by atoms with Crippen molar-refractivity contribution in [3.8, 4) is 0 Å². The molecule has 35 heavy (non-hydrogen) atoms. The molecule has 0 bridgehead atoms. The standard InChI is InChI=1S/C26H27ClN2O6/c1-34-29-22(20-4-2-3-11-28-20)16-7-5-15(6-8-16)12-18-13-17(9-10-19(18)27)26-25(33)24(32)23(31)21(14-30)35-26/h2-11,13,21,23-26,30-33H,12,14H2,1H3. The number of aliphatic hydroxyl groups excluding tert-OH is 4. The maximum Gasteiger partial charge on any atom is 0.135 e. The van der Waals surface area contributed by atoms with E-state index in [2.05, 4.69) is 10.1 Å². The van der Waals surface area contributed by atoms with Gasteiger partial charge in [-0.25, -0.2) is 0 Å². The predicted molar refractivity (Wildman–Crippen MR) is 130 cm³/mol. The lowest BCUT2D eigenvalue weighted by molar-refractivity contribution is -0.231. The molecule has 5 unspecified atom stereocenters. The minimum absolute atomic E-state index is 0.485. The Morgan fingerprint density at radius 3 is 2.46 bits per heavy atom. The smallest absolute Gasteiger partial charge is 0.135 e. The predicted octanol–water partition coefficient (Wildman–Crippen LogP) is 2.24. The average molecular weight is 499 g/mol. The number of hydrogen-bond acceptors (Lipinski definition) is 8. The van der Waals surface area contributed by atoms with Gasteiger partial charge in [-0.15, -0.1) is 0 Å². The van der Waals surface area contributed by atoms with Gasteiger partial charge in [0.05, 0.1) is 12.3 Å². The summed E-state index contributed by atoms with van der Waals surface area (Å²) in [6.45, 7) is -0.485. The summed E-state index contributed by atoms with van der Waals surface area (Å²) in [4.78, 5) is 9.36. The second-order valence-electron chi connectivity index (χ2n) is 8.31. The fraction of sp³-hybridized carbons (Fsp3) is 0.308. The number of aromatic nitrogens is 1. The molecule has 0 amide bonds. The van der Waals surface area contributed by atoms with Crippen molar-refractivity contribution in [1.29, 1.82) is 0 Å². The SMILES string of the molecule is CON=C(c1ccc(Cc2cc(C3OC(CO)C(O)C(O)C3O)ccc2Cl)cc1)c1ccccn1. The normalized spacial score (nSPS) is 24.9. The fourth-order valence-electron chi connectivity index (χ4n) is 4.13. The number of oxime groups is 1. The van der Waals surface area contributed by atoms with Gasteiger partial charge < -0.3 is 30.0 Å². The molecule has 184 valence electrons. The number of aliphatic hydroxyl groups is 4. The van der Waals surface area contributed by atoms with E-state index in [1.165, 1.54) is 7.11 Å². The van der Waals surface area contributed by atoms with Crippen molar-refractivity contribution in [2.45, 2.75) is 36.9 Å². The Labute approximate surface area is 208 Å². The van der Waals surface area contributed by atoms with Crippen molar-refractivity contribution in [2.24, 2.45) is 5.16 Å². The molecular weight excluding hydrogens is 472 g/mol. The van der Waals surface area contributed by atoms with E-state index in [0.29, 0.717) is 28.4 Å². The highest BCUT2D eigenvalue weighted by atomic mass is 35.5. The molecule has 5 atom stereocenters. The molecule has 9 heteroatoms. The number of pyridine rings is 1. The van der Waals surface area contributed by atoms with Gasteiger partial charge in [0, 0.05) is 16.8 Å². The first-order chi connectivity index (χ1) is 16.9. The molecule has 0 spiro atoms. The third-order valence-corrected chi connectivity index (χ3v) is 6.37. The van der Waals surface area contributed by atoms with E-state index in [1.54, 1.807) is 24.4 Å². The Balaban J connectivity index is 1.56. The lowest BCUT2D eigenvalue weighted by atomic mass is 9.90. The van der Waals surface area contributed by atoms with Crippen LogP contribution >= 0.6 is 11.6 Å². The van der Waals surface area contributed by atoms with Gasteiger partial charge in [0.1, 0.15) is 43.3 Å². The van der Waals surface area contributed by atoms with Gasteiger partial charge in [-0.05, 0) is 41.3 Å². The lowest BCUT2D eigenvalue weighted by Gasteiger charge is -2.40. The van der Waals surface area contributed by atoms with E-state index in [1.807, 2.05) is 42.5 Å². The van der Waals surface area contributed by atoms with Gasteiger partial charge in [-0.3, -0.25) is 4.98 Å². The molecule has 4 N–H and O–H groups in total. The second-order valence-corrected chi connectivity index (χ2v) is 8.72. The van der Waals surface area contributed by atoms with Gasteiger partial charge in [0.15, 0.2) is 0 Å². The number of halogens is 1. The van der Waals surface area contributed by atoms with Crippen LogP contribution in [0.2, 0.25) is 5.02 Å². The van der Waals surface area contributed by atoms with E-state index in [0.717, 1.165) is 16.7 Å². The van der Waals surface area contributed by atoms with Crippen LogP contribution in [0.1, 0.15) is 34.1 Å². The Morgan fingerprint density at radius 1 is 1.03 bits per heavy atom. The Hall–Kier alpha value is -2.85. The van der Waals surface area contributed by atoms with Crippen molar-refractivity contribution in [1.82, 2.24) is 4.98 Å². The summed E-state index contributed by atoms with van der Waals surface area (Å²) in [5, 5.41) is 44.8. The Bertz CT molecular complexity index is 1160. The topological polar surface area (TPSA) is 125 Å². The summed E-state index contributed by atoms with van der Waals surface area (Å²) in [7, 11) is 1.49. The molecular formula is C26H27ClN2O6. The van der Waals surface area contributed by atoms with Crippen LogP contribution in [0.15, 0.2) is 72.0 Å². The van der Waals surface area contributed by atoms with Crippen LogP contribution in [-0.4, -0.2) is 69.3 Å². The molecule has 1 aromatic heterocycles. The highest BCUT2D eigenvalue weighted by Gasteiger charge is 2.44. The molecule has 0 aliphatic carbocycles. The molecule has 1 aliphatic rings. The summed E-state index contributed by atoms with van der Waals surface area (Å²) in [5.41, 5.74) is 4.52. The Kier molecular flexibility index (Phi) is 8.12. The quantitative estimate of drug-likeness (QED) is 0.291. The van der Waals surface area contributed by atoms with Gasteiger partial charge in [0.2, 0.25) is 0 Å². The van der Waals surface area contributed by atoms with Crippen LogP contribution in [0.4, 0.5) is 0 Å². The van der Waals surface area contributed by atoms with E-state index >= 15 is 0 Å². The van der Waals surface area contributed by atoms with Crippen molar-refractivity contribution >= 4 is 17.3 Å². The van der Waals surface area contributed by atoms with Crippen molar-refractivity contribution in [2.75, 3.05) is 13.7 Å². The highest BCUT2D eigenvalue weighted by molar-refractivity contribution is 6.31. The van der Waals surface area contributed by atoms with Crippen LogP contribution in [0.25, 0.3) is 0 Å². The molecule has 4 rings (SSSR count). The third kappa shape index (κ3) is 5.54.